The highest BCUT2D eigenvalue weighted by molar-refractivity contribution is 5.95. The number of aryl methyl sites for hydroxylation is 3. The molecule has 0 fully saturated rings. The molecule has 3 heterocycles. The first-order valence-corrected chi connectivity index (χ1v) is 16.5. The molecule has 0 saturated heterocycles. The van der Waals surface area contributed by atoms with Gasteiger partial charge in [-0.2, -0.15) is 0 Å². The predicted molar refractivity (Wildman–Crippen MR) is 186 cm³/mol. The monoisotopic (exact) mass is 646 g/mol. The van der Waals surface area contributed by atoms with Crippen molar-refractivity contribution in [3.8, 4) is 11.5 Å². The first-order chi connectivity index (χ1) is 23.1. The summed E-state index contributed by atoms with van der Waals surface area (Å²) in [6.45, 7) is 8.63. The third kappa shape index (κ3) is 5.80. The molecule has 48 heavy (non-hydrogen) atoms. The van der Waals surface area contributed by atoms with E-state index in [-0.39, 0.29) is 35.5 Å². The summed E-state index contributed by atoms with van der Waals surface area (Å²) in [5.41, 5.74) is 4.79. The Labute approximate surface area is 277 Å². The number of carbonyl (C=O) groups is 1. The van der Waals surface area contributed by atoms with Crippen LogP contribution in [0.15, 0.2) is 79.1 Å². The van der Waals surface area contributed by atoms with E-state index in [1.165, 1.54) is 0 Å². The molecule has 0 bridgehead atoms. The number of para-hydroxylation sites is 2. The Balaban J connectivity index is 0.995. The number of hydrogen-bond donors (Lipinski definition) is 0. The molecule has 0 aliphatic carbocycles. The first kappa shape index (κ1) is 31.5. The van der Waals surface area contributed by atoms with Crippen LogP contribution < -0.4 is 20.3 Å². The van der Waals surface area contributed by atoms with E-state index in [1.54, 1.807) is 36.4 Å². The summed E-state index contributed by atoms with van der Waals surface area (Å²) in [6.07, 6.45) is 3.71. The molecular formula is C40H38O8. The van der Waals surface area contributed by atoms with Gasteiger partial charge in [0.1, 0.15) is 22.4 Å². The van der Waals surface area contributed by atoms with Gasteiger partial charge in [-0.3, -0.25) is 14.4 Å². The Morgan fingerprint density at radius 3 is 2.40 bits per heavy atom. The van der Waals surface area contributed by atoms with Crippen molar-refractivity contribution in [2.45, 2.75) is 71.8 Å². The third-order valence-corrected chi connectivity index (χ3v) is 9.33. The minimum atomic E-state index is -0.383. The van der Waals surface area contributed by atoms with Crippen LogP contribution >= 0.6 is 0 Å². The number of benzene rings is 4. The minimum absolute atomic E-state index is 0.00217. The maximum absolute atomic E-state index is 13.4. The first-order valence-electron chi connectivity index (χ1n) is 16.5. The van der Waals surface area contributed by atoms with Crippen LogP contribution in [0.2, 0.25) is 0 Å². The Morgan fingerprint density at radius 1 is 0.792 bits per heavy atom. The van der Waals surface area contributed by atoms with Crippen molar-refractivity contribution < 1.29 is 27.8 Å². The van der Waals surface area contributed by atoms with Crippen molar-refractivity contribution in [3.05, 3.63) is 103 Å². The average Bonchev–Trinajstić information content (AvgIpc) is 3.06. The van der Waals surface area contributed by atoms with E-state index in [2.05, 4.69) is 0 Å². The largest absolute Gasteiger partial charge is 0.486 e. The normalized spacial score (nSPS) is 13.9. The predicted octanol–water partition coefficient (Wildman–Crippen LogP) is 8.26. The van der Waals surface area contributed by atoms with Gasteiger partial charge in [0, 0.05) is 5.56 Å². The summed E-state index contributed by atoms with van der Waals surface area (Å²) in [4.78, 5) is 39.4. The van der Waals surface area contributed by atoms with E-state index in [1.807, 2.05) is 52.0 Å². The van der Waals surface area contributed by atoms with Crippen LogP contribution in [0.4, 0.5) is 0 Å². The van der Waals surface area contributed by atoms with Gasteiger partial charge in [0.15, 0.2) is 11.3 Å². The van der Waals surface area contributed by atoms with Crippen LogP contribution in [0.25, 0.3) is 43.9 Å². The molecular weight excluding hydrogens is 608 g/mol. The van der Waals surface area contributed by atoms with Crippen LogP contribution in [0.1, 0.15) is 61.8 Å². The zero-order valence-electron chi connectivity index (χ0n) is 27.7. The van der Waals surface area contributed by atoms with Gasteiger partial charge in [-0.1, -0.05) is 30.3 Å². The Bertz CT molecular complexity index is 2340. The minimum Gasteiger partial charge on any atom is -0.486 e. The number of ether oxygens (including phenoxy) is 3. The van der Waals surface area contributed by atoms with E-state index in [0.717, 1.165) is 36.0 Å². The molecule has 8 heteroatoms. The maximum Gasteiger partial charge on any atom is 0.310 e. The smallest absolute Gasteiger partial charge is 0.310 e. The van der Waals surface area contributed by atoms with Crippen LogP contribution in [-0.4, -0.2) is 24.8 Å². The van der Waals surface area contributed by atoms with Gasteiger partial charge in [-0.05, 0) is 107 Å². The second-order valence-electron chi connectivity index (χ2n) is 13.3. The van der Waals surface area contributed by atoms with Gasteiger partial charge in [-0.15, -0.1) is 0 Å². The second kappa shape index (κ2) is 12.5. The molecule has 2 aromatic heterocycles. The van der Waals surface area contributed by atoms with Gasteiger partial charge >= 0.3 is 5.97 Å². The molecule has 4 aromatic carbocycles. The van der Waals surface area contributed by atoms with Crippen molar-refractivity contribution in [1.29, 1.82) is 0 Å². The van der Waals surface area contributed by atoms with Gasteiger partial charge < -0.3 is 23.0 Å². The SMILES string of the molecule is Cc1ccc2c(=O)c3cccc(CC(=O)OCCCCCOc4c5c(cc6c(=O)c7ccccc7oc46)CCC(C)(C)O5)c3oc2c1C. The second-order valence-corrected chi connectivity index (χ2v) is 13.3. The Morgan fingerprint density at radius 2 is 1.54 bits per heavy atom. The van der Waals surface area contributed by atoms with E-state index in [9.17, 15) is 14.4 Å². The van der Waals surface area contributed by atoms with E-state index < -0.39 is 0 Å². The van der Waals surface area contributed by atoms with Gasteiger partial charge in [-0.25, -0.2) is 0 Å². The zero-order chi connectivity index (χ0) is 33.6. The maximum atomic E-state index is 13.4. The molecule has 1 aliphatic heterocycles. The molecule has 0 atom stereocenters. The molecule has 0 amide bonds. The fourth-order valence-electron chi connectivity index (χ4n) is 6.46. The molecule has 0 saturated carbocycles. The van der Waals surface area contributed by atoms with Crippen LogP contribution in [0.3, 0.4) is 0 Å². The molecule has 8 nitrogen and oxygen atoms in total. The third-order valence-electron chi connectivity index (χ3n) is 9.33. The topological polar surface area (TPSA) is 105 Å². The van der Waals surface area contributed by atoms with E-state index in [4.69, 9.17) is 23.0 Å². The molecule has 246 valence electrons. The highest BCUT2D eigenvalue weighted by atomic mass is 16.5. The lowest BCUT2D eigenvalue weighted by Gasteiger charge is -2.33. The fraction of sp³-hybridized carbons (Fsp3) is 0.325. The number of fused-ring (bicyclic) bond motifs is 5. The van der Waals surface area contributed by atoms with Crippen LogP contribution in [0.5, 0.6) is 11.5 Å². The number of unbranched alkanes of at least 4 members (excludes halogenated alkanes) is 2. The Kier molecular flexibility index (Phi) is 8.19. The molecule has 7 rings (SSSR count). The summed E-state index contributed by atoms with van der Waals surface area (Å²) in [6, 6.07) is 18.1. The molecule has 0 spiro atoms. The Hall–Kier alpha value is -5.11. The van der Waals surface area contributed by atoms with E-state index in [0.29, 0.717) is 80.4 Å². The van der Waals surface area contributed by atoms with Crippen molar-refractivity contribution in [2.75, 3.05) is 13.2 Å². The number of rotatable bonds is 9. The lowest BCUT2D eigenvalue weighted by molar-refractivity contribution is -0.142. The summed E-state index contributed by atoms with van der Waals surface area (Å²) in [5, 5.41) is 2.00. The van der Waals surface area contributed by atoms with Crippen molar-refractivity contribution >= 4 is 49.8 Å². The number of hydrogen-bond acceptors (Lipinski definition) is 8. The summed E-state index contributed by atoms with van der Waals surface area (Å²) in [5.74, 6) is 0.713. The summed E-state index contributed by atoms with van der Waals surface area (Å²) < 4.78 is 30.7. The highest BCUT2D eigenvalue weighted by Gasteiger charge is 2.32. The quantitative estimate of drug-likeness (QED) is 0.0878. The van der Waals surface area contributed by atoms with Crippen LogP contribution in [-0.2, 0) is 22.4 Å². The standard InChI is InChI=1S/C40H38O8/c1-23-15-16-29-34(43)28-13-10-11-25(36(28)47-35(29)24(23)2)22-32(41)44-19-8-5-9-20-45-39-37-26(17-18-40(3,4)48-37)21-30-33(42)27-12-6-7-14-31(27)46-38(30)39/h6-7,10-16,21H,5,8-9,17-20,22H2,1-4H3. The van der Waals surface area contributed by atoms with Crippen molar-refractivity contribution in [1.82, 2.24) is 0 Å². The molecule has 1 aliphatic rings. The van der Waals surface area contributed by atoms with Gasteiger partial charge in [0.05, 0.1) is 41.2 Å². The van der Waals surface area contributed by atoms with E-state index >= 15 is 0 Å². The van der Waals surface area contributed by atoms with Crippen molar-refractivity contribution in [2.24, 2.45) is 0 Å². The highest BCUT2D eigenvalue weighted by Crippen LogP contribution is 2.45. The number of carbonyl (C=O) groups excluding carboxylic acids is 1. The average molecular weight is 647 g/mol. The molecule has 0 N–H and O–H groups in total. The lowest BCUT2D eigenvalue weighted by Crippen LogP contribution is -2.33. The summed E-state index contributed by atoms with van der Waals surface area (Å²) in [7, 11) is 0. The van der Waals surface area contributed by atoms with Crippen LogP contribution in [0, 0.1) is 13.8 Å². The summed E-state index contributed by atoms with van der Waals surface area (Å²) >= 11 is 0. The molecule has 0 radical (unpaired) electrons. The van der Waals surface area contributed by atoms with Crippen molar-refractivity contribution in [3.63, 3.8) is 0 Å². The number of esters is 1. The fourth-order valence-corrected chi connectivity index (χ4v) is 6.46. The molecule has 6 aromatic rings. The van der Waals surface area contributed by atoms with Gasteiger partial charge in [0.2, 0.25) is 16.6 Å². The zero-order valence-corrected chi connectivity index (χ0v) is 27.7. The van der Waals surface area contributed by atoms with Gasteiger partial charge in [0.25, 0.3) is 0 Å². The molecule has 0 unspecified atom stereocenters. The lowest BCUT2D eigenvalue weighted by atomic mass is 9.93.